The largest absolute Gasteiger partial charge is 0.466 e. The molecular weight excluding hydrogens is 464 g/mol. The molecule has 35 heavy (non-hydrogen) atoms. The summed E-state index contributed by atoms with van der Waals surface area (Å²) in [6.45, 7) is 0. The van der Waals surface area contributed by atoms with Crippen LogP contribution >= 0.6 is 0 Å². The molecule has 2 aromatic rings. The Balaban J connectivity index is 2.54. The van der Waals surface area contributed by atoms with E-state index in [2.05, 4.69) is 4.74 Å². The van der Waals surface area contributed by atoms with Crippen LogP contribution < -0.4 is 10.6 Å². The average molecular weight is 483 g/mol. The molecule has 0 bridgehead atoms. The zero-order valence-corrected chi connectivity index (χ0v) is 18.8. The minimum absolute atomic E-state index is 0.288. The van der Waals surface area contributed by atoms with Crippen molar-refractivity contribution in [1.82, 2.24) is 0 Å². The standard InChI is InChI=1S/C24H19F2N3O6/c1-33-22(30)13-9-10-15(25)18(26)19(13)29-20(24(32)35-3)17(23(31)34-2)16(14(11-27)21(29)28)12-7-5-4-6-8-12/h4-10,16H,28H2,1-3H3. The molecule has 2 aromatic carbocycles. The minimum Gasteiger partial charge on any atom is -0.466 e. The first kappa shape index (κ1) is 24.9. The van der Waals surface area contributed by atoms with Gasteiger partial charge in [-0.2, -0.15) is 5.26 Å². The van der Waals surface area contributed by atoms with Gasteiger partial charge in [0.2, 0.25) is 0 Å². The maximum absolute atomic E-state index is 15.2. The first-order valence-electron chi connectivity index (χ1n) is 9.95. The Hall–Kier alpha value is -4.72. The van der Waals surface area contributed by atoms with Gasteiger partial charge in [-0.25, -0.2) is 23.2 Å². The Kier molecular flexibility index (Phi) is 7.15. The van der Waals surface area contributed by atoms with Gasteiger partial charge in [-0.15, -0.1) is 0 Å². The van der Waals surface area contributed by atoms with E-state index in [1.807, 2.05) is 6.07 Å². The van der Waals surface area contributed by atoms with Gasteiger partial charge in [-0.3, -0.25) is 4.90 Å². The predicted octanol–water partition coefficient (Wildman–Crippen LogP) is 2.65. The molecule has 180 valence electrons. The van der Waals surface area contributed by atoms with Gasteiger partial charge in [-0.05, 0) is 17.7 Å². The number of allylic oxidation sites excluding steroid dienone is 1. The van der Waals surface area contributed by atoms with Crippen LogP contribution in [0.4, 0.5) is 14.5 Å². The van der Waals surface area contributed by atoms with E-state index in [9.17, 15) is 24.0 Å². The number of halogens is 2. The van der Waals surface area contributed by atoms with E-state index < -0.39 is 63.8 Å². The van der Waals surface area contributed by atoms with Crippen molar-refractivity contribution in [2.45, 2.75) is 5.92 Å². The van der Waals surface area contributed by atoms with Gasteiger partial charge in [0.15, 0.2) is 11.6 Å². The van der Waals surface area contributed by atoms with Crippen molar-refractivity contribution in [2.75, 3.05) is 26.2 Å². The maximum Gasteiger partial charge on any atom is 0.355 e. The number of methoxy groups -OCH3 is 3. The second kappa shape index (κ2) is 10.0. The summed E-state index contributed by atoms with van der Waals surface area (Å²) in [6.07, 6.45) is 0. The summed E-state index contributed by atoms with van der Waals surface area (Å²) in [5, 5.41) is 10.00. The fourth-order valence-electron chi connectivity index (χ4n) is 3.78. The number of nitriles is 1. The number of hydrogen-bond acceptors (Lipinski definition) is 9. The highest BCUT2D eigenvalue weighted by molar-refractivity contribution is 6.08. The van der Waals surface area contributed by atoms with Crippen LogP contribution in [0.15, 0.2) is 65.1 Å². The van der Waals surface area contributed by atoms with Crippen LogP contribution in [0.5, 0.6) is 0 Å². The second-order valence-corrected chi connectivity index (χ2v) is 7.08. The maximum atomic E-state index is 15.2. The van der Waals surface area contributed by atoms with E-state index in [1.165, 1.54) is 0 Å². The number of carbonyl (C=O) groups excluding carboxylic acids is 3. The molecule has 11 heteroatoms. The van der Waals surface area contributed by atoms with Gasteiger partial charge in [0.25, 0.3) is 0 Å². The number of anilines is 1. The number of ether oxygens (including phenoxy) is 3. The van der Waals surface area contributed by atoms with Crippen LogP contribution in [0, 0.1) is 23.0 Å². The zero-order valence-electron chi connectivity index (χ0n) is 18.8. The number of nitrogens with zero attached hydrogens (tertiary/aromatic N) is 2. The summed E-state index contributed by atoms with van der Waals surface area (Å²) in [4.78, 5) is 39.0. The topological polar surface area (TPSA) is 132 Å². The molecule has 2 N–H and O–H groups in total. The van der Waals surface area contributed by atoms with Crippen LogP contribution in [0.2, 0.25) is 0 Å². The molecule has 0 radical (unpaired) electrons. The molecule has 0 amide bonds. The molecule has 3 rings (SSSR count). The lowest BCUT2D eigenvalue weighted by Crippen LogP contribution is -2.42. The number of carbonyl (C=O) groups is 3. The quantitative estimate of drug-likeness (QED) is 0.503. The van der Waals surface area contributed by atoms with Crippen LogP contribution in [0.1, 0.15) is 21.8 Å². The highest BCUT2D eigenvalue weighted by Crippen LogP contribution is 2.44. The third kappa shape index (κ3) is 4.17. The summed E-state index contributed by atoms with van der Waals surface area (Å²) >= 11 is 0. The van der Waals surface area contributed by atoms with Crippen molar-refractivity contribution < 1.29 is 37.4 Å². The van der Waals surface area contributed by atoms with E-state index in [0.717, 1.165) is 27.4 Å². The minimum atomic E-state index is -1.59. The summed E-state index contributed by atoms with van der Waals surface area (Å²) in [5.74, 6) is -8.10. The Bertz CT molecular complexity index is 1310. The van der Waals surface area contributed by atoms with Crippen molar-refractivity contribution in [3.63, 3.8) is 0 Å². The average Bonchev–Trinajstić information content (AvgIpc) is 2.88. The lowest BCUT2D eigenvalue weighted by Gasteiger charge is -2.36. The summed E-state index contributed by atoms with van der Waals surface area (Å²) in [5.41, 5.74) is 3.86. The number of esters is 3. The van der Waals surface area contributed by atoms with Gasteiger partial charge in [-0.1, -0.05) is 30.3 Å². The molecule has 0 aliphatic carbocycles. The Morgan fingerprint density at radius 2 is 1.54 bits per heavy atom. The smallest absolute Gasteiger partial charge is 0.355 e. The van der Waals surface area contributed by atoms with Crippen molar-refractivity contribution >= 4 is 23.6 Å². The monoisotopic (exact) mass is 483 g/mol. The first-order valence-corrected chi connectivity index (χ1v) is 9.95. The van der Waals surface area contributed by atoms with E-state index >= 15 is 4.39 Å². The second-order valence-electron chi connectivity index (χ2n) is 7.08. The molecule has 1 atom stereocenters. The molecule has 1 aliphatic rings. The van der Waals surface area contributed by atoms with Crippen LogP contribution in [-0.2, 0) is 23.8 Å². The predicted molar refractivity (Wildman–Crippen MR) is 117 cm³/mol. The van der Waals surface area contributed by atoms with Gasteiger partial charge >= 0.3 is 17.9 Å². The van der Waals surface area contributed by atoms with Gasteiger partial charge in [0, 0.05) is 0 Å². The molecule has 0 aromatic heterocycles. The Morgan fingerprint density at radius 3 is 2.09 bits per heavy atom. The number of rotatable bonds is 5. The fourth-order valence-corrected chi connectivity index (χ4v) is 3.78. The lowest BCUT2D eigenvalue weighted by molar-refractivity contribution is -0.139. The number of hydrogen-bond donors (Lipinski definition) is 1. The van der Waals surface area contributed by atoms with E-state index in [-0.39, 0.29) is 5.57 Å². The van der Waals surface area contributed by atoms with E-state index in [0.29, 0.717) is 16.5 Å². The van der Waals surface area contributed by atoms with Crippen molar-refractivity contribution in [2.24, 2.45) is 5.73 Å². The lowest BCUT2D eigenvalue weighted by atomic mass is 9.80. The SMILES string of the molecule is COC(=O)C1=C(C(=O)OC)N(c2c(C(=O)OC)ccc(F)c2F)C(N)=C(C#N)C1c1ccccc1. The molecule has 0 saturated heterocycles. The molecule has 0 spiro atoms. The molecule has 9 nitrogen and oxygen atoms in total. The van der Waals surface area contributed by atoms with Gasteiger partial charge in [0.05, 0.1) is 50.0 Å². The van der Waals surface area contributed by atoms with Crippen LogP contribution in [0.3, 0.4) is 0 Å². The molecule has 1 unspecified atom stereocenters. The molecule has 1 aliphatic heterocycles. The third-order valence-corrected chi connectivity index (χ3v) is 5.31. The number of benzene rings is 2. The van der Waals surface area contributed by atoms with Crippen molar-refractivity contribution in [3.05, 3.63) is 87.9 Å². The van der Waals surface area contributed by atoms with Crippen molar-refractivity contribution in [3.8, 4) is 6.07 Å². The molecule has 0 fully saturated rings. The summed E-state index contributed by atoms with van der Waals surface area (Å²) < 4.78 is 44.0. The van der Waals surface area contributed by atoms with Gasteiger partial charge in [0.1, 0.15) is 17.2 Å². The molecule has 1 heterocycles. The highest BCUT2D eigenvalue weighted by atomic mass is 19.2. The fraction of sp³-hybridized carbons (Fsp3) is 0.167. The van der Waals surface area contributed by atoms with Crippen LogP contribution in [0.25, 0.3) is 0 Å². The third-order valence-electron chi connectivity index (χ3n) is 5.31. The van der Waals surface area contributed by atoms with Gasteiger partial charge < -0.3 is 19.9 Å². The summed E-state index contributed by atoms with van der Waals surface area (Å²) in [6, 6.07) is 11.5. The first-order chi connectivity index (χ1) is 16.7. The van der Waals surface area contributed by atoms with E-state index in [4.69, 9.17) is 15.2 Å². The molecular formula is C24H19F2N3O6. The normalized spacial score (nSPS) is 15.4. The van der Waals surface area contributed by atoms with Crippen molar-refractivity contribution in [1.29, 1.82) is 5.26 Å². The molecule has 0 saturated carbocycles. The summed E-state index contributed by atoms with van der Waals surface area (Å²) in [7, 11) is 3.03. The highest BCUT2D eigenvalue weighted by Gasteiger charge is 2.45. The number of nitrogens with two attached hydrogens (primary N) is 1. The van der Waals surface area contributed by atoms with Crippen LogP contribution in [-0.4, -0.2) is 39.2 Å². The van der Waals surface area contributed by atoms with E-state index in [1.54, 1.807) is 30.3 Å². The Labute approximate surface area is 198 Å². The zero-order chi connectivity index (χ0) is 25.9. The Morgan fingerprint density at radius 1 is 0.943 bits per heavy atom.